The van der Waals surface area contributed by atoms with E-state index in [-0.39, 0.29) is 29.8 Å². The molecule has 156 valence electrons. The van der Waals surface area contributed by atoms with Crippen molar-refractivity contribution in [2.75, 3.05) is 25.6 Å². The van der Waals surface area contributed by atoms with Crippen LogP contribution in [-0.2, 0) is 4.74 Å². The van der Waals surface area contributed by atoms with Crippen LogP contribution in [0.5, 0.6) is 0 Å². The SMILES string of the molecule is COCCCN1C(=O)c2ccc(C(=O)Nc3ccc(-c4ccccc4)cc3)cc2C1=O. The molecule has 0 radical (unpaired) electrons. The fourth-order valence-corrected chi connectivity index (χ4v) is 3.58. The molecule has 0 bridgehead atoms. The third kappa shape index (κ3) is 4.25. The number of ether oxygens (including phenoxy) is 1. The minimum atomic E-state index is -0.377. The second-order valence-corrected chi connectivity index (χ2v) is 7.27. The molecule has 0 saturated carbocycles. The fraction of sp³-hybridized carbons (Fsp3) is 0.160. The highest BCUT2D eigenvalue weighted by atomic mass is 16.5. The Hall–Kier alpha value is -3.77. The molecular formula is C25H22N2O4. The van der Waals surface area contributed by atoms with Gasteiger partial charge in [0.1, 0.15) is 0 Å². The lowest BCUT2D eigenvalue weighted by molar-refractivity contribution is 0.0638. The summed E-state index contributed by atoms with van der Waals surface area (Å²) in [4.78, 5) is 39.0. The first-order chi connectivity index (χ1) is 15.1. The van der Waals surface area contributed by atoms with Crippen molar-refractivity contribution in [2.45, 2.75) is 6.42 Å². The zero-order valence-electron chi connectivity index (χ0n) is 17.1. The van der Waals surface area contributed by atoms with E-state index in [1.807, 2.05) is 54.6 Å². The second-order valence-electron chi connectivity index (χ2n) is 7.27. The van der Waals surface area contributed by atoms with E-state index < -0.39 is 0 Å². The zero-order valence-corrected chi connectivity index (χ0v) is 17.1. The number of imide groups is 1. The van der Waals surface area contributed by atoms with Crippen LogP contribution in [0.2, 0.25) is 0 Å². The number of benzene rings is 3. The van der Waals surface area contributed by atoms with Crippen LogP contribution in [0, 0.1) is 0 Å². The van der Waals surface area contributed by atoms with E-state index in [0.717, 1.165) is 11.1 Å². The van der Waals surface area contributed by atoms with Gasteiger partial charge in [-0.25, -0.2) is 0 Å². The van der Waals surface area contributed by atoms with Gasteiger partial charge in [-0.15, -0.1) is 0 Å². The Kier molecular flexibility index (Phi) is 5.91. The third-order valence-corrected chi connectivity index (χ3v) is 5.21. The van der Waals surface area contributed by atoms with Crippen molar-refractivity contribution >= 4 is 23.4 Å². The molecule has 0 atom stereocenters. The van der Waals surface area contributed by atoms with Gasteiger partial charge in [-0.3, -0.25) is 19.3 Å². The molecule has 3 amide bonds. The number of nitrogens with one attached hydrogen (secondary N) is 1. The summed E-state index contributed by atoms with van der Waals surface area (Å²) in [6.07, 6.45) is 0.564. The van der Waals surface area contributed by atoms with Gasteiger partial charge in [0.25, 0.3) is 17.7 Å². The van der Waals surface area contributed by atoms with E-state index in [1.54, 1.807) is 19.2 Å². The van der Waals surface area contributed by atoms with Gasteiger partial charge >= 0.3 is 0 Å². The van der Waals surface area contributed by atoms with E-state index in [9.17, 15) is 14.4 Å². The Morgan fingerprint density at radius 1 is 0.871 bits per heavy atom. The number of anilines is 1. The normalized spacial score (nSPS) is 12.7. The molecule has 0 aromatic heterocycles. The molecule has 3 aromatic rings. The topological polar surface area (TPSA) is 75.7 Å². The minimum Gasteiger partial charge on any atom is -0.385 e. The molecule has 1 N–H and O–H groups in total. The van der Waals surface area contributed by atoms with E-state index in [2.05, 4.69) is 5.32 Å². The zero-order chi connectivity index (χ0) is 21.8. The largest absolute Gasteiger partial charge is 0.385 e. The van der Waals surface area contributed by atoms with Crippen molar-refractivity contribution < 1.29 is 19.1 Å². The quantitative estimate of drug-likeness (QED) is 0.464. The fourth-order valence-electron chi connectivity index (χ4n) is 3.58. The molecule has 31 heavy (non-hydrogen) atoms. The molecule has 3 aromatic carbocycles. The summed E-state index contributed by atoms with van der Waals surface area (Å²) in [5.41, 5.74) is 3.70. The lowest BCUT2D eigenvalue weighted by atomic mass is 10.0. The van der Waals surface area contributed by atoms with Gasteiger partial charge in [0.15, 0.2) is 0 Å². The summed E-state index contributed by atoms with van der Waals surface area (Å²) in [7, 11) is 1.57. The highest BCUT2D eigenvalue weighted by Crippen LogP contribution is 2.25. The molecule has 0 saturated heterocycles. The molecule has 1 aliphatic heterocycles. The van der Waals surface area contributed by atoms with E-state index in [4.69, 9.17) is 4.74 Å². The summed E-state index contributed by atoms with van der Waals surface area (Å²) in [6.45, 7) is 0.750. The van der Waals surface area contributed by atoms with Gasteiger partial charge in [-0.05, 0) is 47.9 Å². The van der Waals surface area contributed by atoms with Crippen LogP contribution in [0.25, 0.3) is 11.1 Å². The highest BCUT2D eigenvalue weighted by molar-refractivity contribution is 6.22. The van der Waals surface area contributed by atoms with Gasteiger partial charge in [-0.1, -0.05) is 42.5 Å². The summed E-state index contributed by atoms with van der Waals surface area (Å²) in [5, 5.41) is 2.84. The Bertz CT molecular complexity index is 1120. The average molecular weight is 414 g/mol. The predicted octanol–water partition coefficient (Wildman–Crippen LogP) is 4.24. The molecule has 4 rings (SSSR count). The van der Waals surface area contributed by atoms with Crippen molar-refractivity contribution in [2.24, 2.45) is 0 Å². The van der Waals surface area contributed by atoms with Crippen LogP contribution in [0.4, 0.5) is 5.69 Å². The summed E-state index contributed by atoms with van der Waals surface area (Å²) >= 11 is 0. The number of nitrogens with zero attached hydrogens (tertiary/aromatic N) is 1. The standard InChI is InChI=1S/C25H22N2O4/c1-31-15-5-14-27-24(29)21-13-10-19(16-22(21)25(27)30)23(28)26-20-11-8-18(9-12-20)17-6-3-2-4-7-17/h2-4,6-13,16H,5,14-15H2,1H3,(H,26,28). The number of hydrogen-bond acceptors (Lipinski definition) is 4. The average Bonchev–Trinajstić information content (AvgIpc) is 3.04. The summed E-state index contributed by atoms with van der Waals surface area (Å²) < 4.78 is 4.99. The molecule has 0 unspecified atom stereocenters. The molecule has 0 spiro atoms. The van der Waals surface area contributed by atoms with Crippen LogP contribution in [0.3, 0.4) is 0 Å². The van der Waals surface area contributed by atoms with Crippen molar-refractivity contribution in [3.63, 3.8) is 0 Å². The number of fused-ring (bicyclic) bond motifs is 1. The molecule has 6 nitrogen and oxygen atoms in total. The number of rotatable bonds is 7. The van der Waals surface area contributed by atoms with Gasteiger partial charge < -0.3 is 10.1 Å². The predicted molar refractivity (Wildman–Crippen MR) is 118 cm³/mol. The Balaban J connectivity index is 1.47. The lowest BCUT2D eigenvalue weighted by Gasteiger charge is -2.12. The van der Waals surface area contributed by atoms with Crippen LogP contribution in [0.1, 0.15) is 37.5 Å². The maximum Gasteiger partial charge on any atom is 0.261 e. The molecular weight excluding hydrogens is 392 g/mol. The summed E-state index contributed by atoms with van der Waals surface area (Å²) in [6, 6.07) is 22.1. The molecule has 6 heteroatoms. The number of methoxy groups -OCH3 is 1. The van der Waals surface area contributed by atoms with Crippen LogP contribution >= 0.6 is 0 Å². The van der Waals surface area contributed by atoms with Crippen LogP contribution < -0.4 is 5.32 Å². The Morgan fingerprint density at radius 3 is 2.26 bits per heavy atom. The molecule has 0 aliphatic carbocycles. The Morgan fingerprint density at radius 2 is 1.55 bits per heavy atom. The van der Waals surface area contributed by atoms with Gasteiger partial charge in [0, 0.05) is 31.5 Å². The van der Waals surface area contributed by atoms with Gasteiger partial charge in [-0.2, -0.15) is 0 Å². The number of amides is 3. The van der Waals surface area contributed by atoms with E-state index in [0.29, 0.717) is 29.8 Å². The number of hydrogen-bond donors (Lipinski definition) is 1. The van der Waals surface area contributed by atoms with Crippen LogP contribution in [-0.4, -0.2) is 42.9 Å². The minimum absolute atomic E-state index is 0.259. The molecule has 1 aliphatic rings. The number of carbonyl (C=O) groups is 3. The first-order valence-electron chi connectivity index (χ1n) is 10.0. The lowest BCUT2D eigenvalue weighted by Crippen LogP contribution is -2.31. The van der Waals surface area contributed by atoms with Crippen molar-refractivity contribution in [3.05, 3.63) is 89.5 Å². The highest BCUT2D eigenvalue weighted by Gasteiger charge is 2.35. The van der Waals surface area contributed by atoms with Crippen LogP contribution in [0.15, 0.2) is 72.8 Å². The van der Waals surface area contributed by atoms with E-state index in [1.165, 1.54) is 11.0 Å². The number of carbonyl (C=O) groups excluding carboxylic acids is 3. The summed E-state index contributed by atoms with van der Waals surface area (Å²) in [5.74, 6) is -1.05. The van der Waals surface area contributed by atoms with E-state index >= 15 is 0 Å². The maximum absolute atomic E-state index is 12.7. The van der Waals surface area contributed by atoms with Gasteiger partial charge in [0.05, 0.1) is 11.1 Å². The monoisotopic (exact) mass is 414 g/mol. The Labute approximate surface area is 180 Å². The van der Waals surface area contributed by atoms with Crippen molar-refractivity contribution in [1.82, 2.24) is 4.90 Å². The van der Waals surface area contributed by atoms with Gasteiger partial charge in [0.2, 0.25) is 0 Å². The molecule has 0 fully saturated rings. The second kappa shape index (κ2) is 8.93. The first-order valence-corrected chi connectivity index (χ1v) is 10.0. The smallest absolute Gasteiger partial charge is 0.261 e. The third-order valence-electron chi connectivity index (χ3n) is 5.21. The van der Waals surface area contributed by atoms with Crippen molar-refractivity contribution in [1.29, 1.82) is 0 Å². The van der Waals surface area contributed by atoms with Crippen molar-refractivity contribution in [3.8, 4) is 11.1 Å². The first kappa shape index (κ1) is 20.5. The molecule has 1 heterocycles. The maximum atomic E-state index is 12.7.